The molecule has 1 heterocycles. The molecule has 2 aliphatic rings. The van der Waals surface area contributed by atoms with Crippen LogP contribution in [-0.4, -0.2) is 36.3 Å². The van der Waals surface area contributed by atoms with E-state index in [9.17, 15) is 19.2 Å². The molecule has 7 heteroatoms. The van der Waals surface area contributed by atoms with E-state index in [4.69, 9.17) is 4.74 Å². The van der Waals surface area contributed by atoms with Crippen LogP contribution < -0.4 is 10.2 Å². The first-order valence-corrected chi connectivity index (χ1v) is 10.1. The number of rotatable bonds is 5. The van der Waals surface area contributed by atoms with E-state index in [1.807, 2.05) is 0 Å². The fraction of sp³-hybridized carbons (Fsp3) is 0.304. The first kappa shape index (κ1) is 19.8. The van der Waals surface area contributed by atoms with Gasteiger partial charge in [0.2, 0.25) is 0 Å². The highest BCUT2D eigenvalue weighted by atomic mass is 16.5. The number of hydrogen-bond acceptors (Lipinski definition) is 5. The number of nitrogens with zero attached hydrogens (tertiary/aromatic N) is 1. The third kappa shape index (κ3) is 3.96. The van der Waals surface area contributed by atoms with Gasteiger partial charge in [0.25, 0.3) is 17.7 Å². The highest BCUT2D eigenvalue weighted by molar-refractivity contribution is 6.34. The summed E-state index contributed by atoms with van der Waals surface area (Å²) in [6.45, 7) is -0.368. The molecule has 1 fully saturated rings. The maximum Gasteiger partial charge on any atom is 0.338 e. The lowest BCUT2D eigenvalue weighted by molar-refractivity contribution is -0.125. The van der Waals surface area contributed by atoms with Gasteiger partial charge in [0.05, 0.1) is 22.4 Å². The molecule has 0 unspecified atom stereocenters. The molecule has 0 atom stereocenters. The smallest absolute Gasteiger partial charge is 0.338 e. The summed E-state index contributed by atoms with van der Waals surface area (Å²) < 4.78 is 5.13. The topological polar surface area (TPSA) is 92.8 Å². The Morgan fingerprint density at radius 2 is 1.60 bits per heavy atom. The second-order valence-electron chi connectivity index (χ2n) is 7.52. The first-order valence-electron chi connectivity index (χ1n) is 10.1. The molecule has 0 saturated heterocycles. The van der Waals surface area contributed by atoms with Crippen LogP contribution in [0, 0.1) is 0 Å². The predicted octanol–water partition coefficient (Wildman–Crippen LogP) is 3.09. The number of benzene rings is 2. The number of ether oxygens (including phenoxy) is 1. The minimum Gasteiger partial charge on any atom is -0.452 e. The molecule has 0 bridgehead atoms. The van der Waals surface area contributed by atoms with Crippen molar-refractivity contribution >= 4 is 29.4 Å². The molecule has 2 aromatic carbocycles. The van der Waals surface area contributed by atoms with Gasteiger partial charge in [-0.2, -0.15) is 0 Å². The molecule has 3 amide bonds. The molecular weight excluding hydrogens is 384 g/mol. The van der Waals surface area contributed by atoms with E-state index in [1.165, 1.54) is 18.6 Å². The normalized spacial score (nSPS) is 16.3. The Labute approximate surface area is 174 Å². The summed E-state index contributed by atoms with van der Waals surface area (Å²) in [5, 5.41) is 2.89. The summed E-state index contributed by atoms with van der Waals surface area (Å²) in [4.78, 5) is 50.7. The molecule has 7 nitrogen and oxygen atoms in total. The van der Waals surface area contributed by atoms with Gasteiger partial charge in [0.15, 0.2) is 6.61 Å². The van der Waals surface area contributed by atoms with Crippen molar-refractivity contribution in [3.63, 3.8) is 0 Å². The van der Waals surface area contributed by atoms with Crippen molar-refractivity contribution in [1.82, 2.24) is 5.32 Å². The van der Waals surface area contributed by atoms with Crippen molar-refractivity contribution in [2.45, 2.75) is 38.1 Å². The third-order valence-electron chi connectivity index (χ3n) is 5.44. The molecule has 0 spiro atoms. The van der Waals surface area contributed by atoms with E-state index < -0.39 is 17.8 Å². The van der Waals surface area contributed by atoms with E-state index in [1.54, 1.807) is 36.4 Å². The van der Waals surface area contributed by atoms with Gasteiger partial charge >= 0.3 is 5.97 Å². The van der Waals surface area contributed by atoms with Crippen LogP contribution in [0.2, 0.25) is 0 Å². The lowest BCUT2D eigenvalue weighted by atomic mass is 9.95. The average molecular weight is 406 g/mol. The largest absolute Gasteiger partial charge is 0.452 e. The van der Waals surface area contributed by atoms with Gasteiger partial charge in [-0.25, -0.2) is 9.69 Å². The molecule has 1 aliphatic heterocycles. The SMILES string of the molecule is O=C(COC(=O)c1cccc(N2C(=O)c3ccccc3C2=O)c1)NC1CCCCC1. The average Bonchev–Trinajstić information content (AvgIpc) is 3.03. The van der Waals surface area contributed by atoms with Crippen LogP contribution in [-0.2, 0) is 9.53 Å². The van der Waals surface area contributed by atoms with Crippen LogP contribution in [0.4, 0.5) is 5.69 Å². The van der Waals surface area contributed by atoms with Crippen molar-refractivity contribution in [2.75, 3.05) is 11.5 Å². The van der Waals surface area contributed by atoms with Gasteiger partial charge in [0.1, 0.15) is 0 Å². The van der Waals surface area contributed by atoms with Crippen molar-refractivity contribution in [3.05, 3.63) is 65.2 Å². The number of fused-ring (bicyclic) bond motifs is 1. The molecular formula is C23H22N2O5. The summed E-state index contributed by atoms with van der Waals surface area (Å²) in [7, 11) is 0. The van der Waals surface area contributed by atoms with E-state index in [2.05, 4.69) is 5.32 Å². The number of esters is 1. The van der Waals surface area contributed by atoms with Crippen molar-refractivity contribution in [1.29, 1.82) is 0 Å². The van der Waals surface area contributed by atoms with E-state index in [0.717, 1.165) is 30.6 Å². The first-order chi connectivity index (χ1) is 14.5. The van der Waals surface area contributed by atoms with Gasteiger partial charge in [-0.05, 0) is 43.2 Å². The van der Waals surface area contributed by atoms with E-state index >= 15 is 0 Å². The van der Waals surface area contributed by atoms with Crippen molar-refractivity contribution in [3.8, 4) is 0 Å². The molecule has 1 N–H and O–H groups in total. The number of anilines is 1. The fourth-order valence-electron chi connectivity index (χ4n) is 3.93. The molecule has 30 heavy (non-hydrogen) atoms. The molecule has 0 aromatic heterocycles. The van der Waals surface area contributed by atoms with Crippen LogP contribution in [0.1, 0.15) is 63.2 Å². The van der Waals surface area contributed by atoms with E-state index in [-0.39, 0.29) is 29.8 Å². The lowest BCUT2D eigenvalue weighted by Crippen LogP contribution is -2.38. The zero-order valence-electron chi connectivity index (χ0n) is 16.4. The highest BCUT2D eigenvalue weighted by Crippen LogP contribution is 2.28. The van der Waals surface area contributed by atoms with Crippen molar-refractivity contribution < 1.29 is 23.9 Å². The monoisotopic (exact) mass is 406 g/mol. The van der Waals surface area contributed by atoms with Crippen molar-refractivity contribution in [2.24, 2.45) is 0 Å². The second kappa shape index (κ2) is 8.49. The molecule has 4 rings (SSSR count). The molecule has 154 valence electrons. The van der Waals surface area contributed by atoms with Crippen LogP contribution >= 0.6 is 0 Å². The minimum atomic E-state index is -0.688. The Bertz CT molecular complexity index is 975. The standard InChI is InChI=1S/C23H22N2O5/c26-20(24-16-8-2-1-3-9-16)14-30-23(29)15-7-6-10-17(13-15)25-21(27)18-11-4-5-12-19(18)22(25)28/h4-7,10-13,16H,1-3,8-9,14H2,(H,24,26). The number of amides is 3. The lowest BCUT2D eigenvalue weighted by Gasteiger charge is -2.22. The van der Waals surface area contributed by atoms with Crippen LogP contribution in [0.25, 0.3) is 0 Å². The summed E-state index contributed by atoms with van der Waals surface area (Å²) in [5.74, 6) is -1.89. The summed E-state index contributed by atoms with van der Waals surface area (Å²) in [5.41, 5.74) is 1.10. The number of carbonyl (C=O) groups excluding carboxylic acids is 4. The quantitative estimate of drug-likeness (QED) is 0.608. The molecule has 1 aliphatic carbocycles. The maximum atomic E-state index is 12.6. The minimum absolute atomic E-state index is 0.141. The van der Waals surface area contributed by atoms with Gasteiger partial charge in [-0.1, -0.05) is 37.5 Å². The van der Waals surface area contributed by atoms with Crippen LogP contribution in [0.3, 0.4) is 0 Å². The number of nitrogens with one attached hydrogen (secondary N) is 1. The van der Waals surface area contributed by atoms with Gasteiger partial charge in [-0.15, -0.1) is 0 Å². The van der Waals surface area contributed by atoms with Crippen LogP contribution in [0.5, 0.6) is 0 Å². The Hall–Kier alpha value is -3.48. The highest BCUT2D eigenvalue weighted by Gasteiger charge is 2.36. The molecule has 0 radical (unpaired) electrons. The Morgan fingerprint density at radius 1 is 0.933 bits per heavy atom. The summed E-state index contributed by atoms with van der Waals surface area (Å²) in [6.07, 6.45) is 5.26. The number of carbonyl (C=O) groups is 4. The number of hydrogen-bond donors (Lipinski definition) is 1. The fourth-order valence-corrected chi connectivity index (χ4v) is 3.93. The van der Waals surface area contributed by atoms with Gasteiger partial charge in [-0.3, -0.25) is 14.4 Å². The van der Waals surface area contributed by atoms with E-state index in [0.29, 0.717) is 11.1 Å². The van der Waals surface area contributed by atoms with Crippen LogP contribution in [0.15, 0.2) is 48.5 Å². The Kier molecular flexibility index (Phi) is 5.61. The maximum absolute atomic E-state index is 12.6. The summed E-state index contributed by atoms with van der Waals surface area (Å²) >= 11 is 0. The number of imide groups is 1. The second-order valence-corrected chi connectivity index (χ2v) is 7.52. The summed E-state index contributed by atoms with van der Waals surface area (Å²) in [6, 6.07) is 12.8. The molecule has 2 aromatic rings. The Morgan fingerprint density at radius 3 is 2.27 bits per heavy atom. The zero-order chi connectivity index (χ0) is 21.1. The zero-order valence-corrected chi connectivity index (χ0v) is 16.4. The Balaban J connectivity index is 1.41. The predicted molar refractivity (Wildman–Crippen MR) is 109 cm³/mol. The van der Waals surface area contributed by atoms with Gasteiger partial charge < -0.3 is 10.1 Å². The van der Waals surface area contributed by atoms with Gasteiger partial charge in [0, 0.05) is 6.04 Å². The third-order valence-corrected chi connectivity index (χ3v) is 5.44. The molecule has 1 saturated carbocycles.